The molecule has 3 fully saturated rings. The number of pyridine rings is 1. The largest absolute Gasteiger partial charge is 0.478 e. The zero-order chi connectivity index (χ0) is 43.2. The minimum absolute atomic E-state index is 0.0364. The zero-order valence-electron chi connectivity index (χ0n) is 33.6. The van der Waals surface area contributed by atoms with Gasteiger partial charge in [-0.05, 0) is 82.8 Å². The molecule has 1 aromatic carbocycles. The van der Waals surface area contributed by atoms with E-state index in [1.54, 1.807) is 36.4 Å². The molecule has 19 heteroatoms. The van der Waals surface area contributed by atoms with Crippen molar-refractivity contribution in [2.45, 2.75) is 127 Å². The number of carbonyl (C=O) groups excluding carboxylic acids is 3. The van der Waals surface area contributed by atoms with Crippen LogP contribution in [0.2, 0.25) is 5.02 Å². The van der Waals surface area contributed by atoms with Crippen molar-refractivity contribution in [2.24, 2.45) is 17.8 Å². The number of nitrogens with zero attached hydrogens (tertiary/aromatic N) is 3. The summed E-state index contributed by atoms with van der Waals surface area (Å²) in [5.74, 6) is -4.46. The van der Waals surface area contributed by atoms with E-state index < -0.39 is 92.9 Å². The smallest absolute Gasteiger partial charge is 0.411 e. The fraction of sp³-hybridized carbons (Fsp3) is 0.625. The van der Waals surface area contributed by atoms with Gasteiger partial charge in [-0.15, -0.1) is 0 Å². The number of benzene rings is 1. The first-order chi connectivity index (χ1) is 27.6. The van der Waals surface area contributed by atoms with Gasteiger partial charge in [0.1, 0.15) is 29.3 Å². The summed E-state index contributed by atoms with van der Waals surface area (Å²) < 4.78 is 84.4. The van der Waals surface area contributed by atoms with Crippen LogP contribution in [0.5, 0.6) is 11.8 Å². The highest BCUT2D eigenvalue weighted by Crippen LogP contribution is 2.47. The molecule has 6 rings (SSSR count). The molecule has 2 aromatic rings. The second-order valence-corrected chi connectivity index (χ2v) is 19.2. The highest BCUT2D eigenvalue weighted by Gasteiger charge is 2.63. The van der Waals surface area contributed by atoms with Crippen molar-refractivity contribution in [3.63, 3.8) is 0 Å². The molecule has 4 amide bonds. The normalized spacial score (nSPS) is 28.1. The first kappa shape index (κ1) is 44.2. The standard InChI is InChI=1S/C40H51ClF3N5O9S/c1-6-16-57-31-19-28-27(12-9-13-29(28)41)34(45-31)58-25-18-30-33(50)46-39(36(52)47-59(55,56)26-14-15-26)20-24(39)11-8-7-10-22(2)17-23(3)32(35(51)48(30)21-25)49(37(53)54)38(4,5)40(42,43)44/h8-9,11-13,19,22-26,30,32H,6-7,10,14-18,20-21H2,1-5H3,(H,46,50)(H,47,52)(H,53,54)/t22-,23-,24-,25-,30+,32+,39-/m1/s1. The van der Waals surface area contributed by atoms with Crippen molar-refractivity contribution in [3.05, 3.63) is 41.4 Å². The molecule has 2 saturated carbocycles. The summed E-state index contributed by atoms with van der Waals surface area (Å²) >= 11 is 6.55. The van der Waals surface area contributed by atoms with E-state index in [9.17, 15) is 41.1 Å². The van der Waals surface area contributed by atoms with E-state index in [1.165, 1.54) is 6.92 Å². The number of hydrogen-bond donors (Lipinski definition) is 3. The van der Waals surface area contributed by atoms with E-state index >= 15 is 4.79 Å². The first-order valence-corrected chi connectivity index (χ1v) is 21.9. The fourth-order valence-corrected chi connectivity index (χ4v) is 9.79. The lowest BCUT2D eigenvalue weighted by molar-refractivity contribution is -0.222. The summed E-state index contributed by atoms with van der Waals surface area (Å²) in [6.07, 6.45) is -2.27. The molecule has 7 atom stereocenters. The van der Waals surface area contributed by atoms with E-state index in [4.69, 9.17) is 21.1 Å². The number of fused-ring (bicyclic) bond motifs is 3. The Balaban J connectivity index is 1.44. The van der Waals surface area contributed by atoms with Crippen LogP contribution in [0.1, 0.15) is 86.0 Å². The molecule has 2 aliphatic heterocycles. The second-order valence-electron chi connectivity index (χ2n) is 16.9. The quantitative estimate of drug-likeness (QED) is 0.232. The maximum Gasteiger partial charge on any atom is 0.411 e. The highest BCUT2D eigenvalue weighted by atomic mass is 35.5. The minimum atomic E-state index is -5.10. The Morgan fingerprint density at radius 2 is 1.85 bits per heavy atom. The van der Waals surface area contributed by atoms with Crippen LogP contribution < -0.4 is 19.5 Å². The topological polar surface area (TPSA) is 185 Å². The van der Waals surface area contributed by atoms with Crippen molar-refractivity contribution >= 4 is 56.2 Å². The molecule has 14 nitrogen and oxygen atoms in total. The van der Waals surface area contributed by atoms with Crippen molar-refractivity contribution in [1.82, 2.24) is 24.8 Å². The average Bonchev–Trinajstić information content (AvgIpc) is 4.07. The number of sulfonamides is 1. The number of alkyl halides is 3. The molecule has 0 bridgehead atoms. The molecule has 1 saturated heterocycles. The number of amides is 4. The molecule has 0 unspecified atom stereocenters. The molecular formula is C40H51ClF3N5O9S. The molecular weight excluding hydrogens is 819 g/mol. The number of rotatable bonds is 10. The van der Waals surface area contributed by atoms with Crippen molar-refractivity contribution in [2.75, 3.05) is 13.2 Å². The van der Waals surface area contributed by atoms with Gasteiger partial charge in [-0.25, -0.2) is 13.2 Å². The van der Waals surface area contributed by atoms with E-state index in [-0.39, 0.29) is 41.8 Å². The van der Waals surface area contributed by atoms with Gasteiger partial charge in [-0.2, -0.15) is 18.2 Å². The molecule has 2 aliphatic carbocycles. The van der Waals surface area contributed by atoms with E-state index in [0.717, 1.165) is 4.90 Å². The summed E-state index contributed by atoms with van der Waals surface area (Å²) in [5.41, 5.74) is -4.76. The molecule has 4 aliphatic rings. The van der Waals surface area contributed by atoms with E-state index in [0.29, 0.717) is 68.4 Å². The van der Waals surface area contributed by atoms with Crippen LogP contribution in [0.15, 0.2) is 36.4 Å². The number of halogens is 4. The van der Waals surface area contributed by atoms with Crippen molar-refractivity contribution in [1.29, 1.82) is 0 Å². The number of allylic oxidation sites excluding steroid dienone is 1. The van der Waals surface area contributed by atoms with Gasteiger partial charge in [-0.3, -0.25) is 24.0 Å². The van der Waals surface area contributed by atoms with Crippen molar-refractivity contribution in [3.8, 4) is 11.8 Å². The van der Waals surface area contributed by atoms with Crippen LogP contribution in [0.25, 0.3) is 10.8 Å². The van der Waals surface area contributed by atoms with Crippen molar-refractivity contribution < 1.29 is 55.3 Å². The van der Waals surface area contributed by atoms with Gasteiger partial charge >= 0.3 is 12.3 Å². The molecule has 0 spiro atoms. The van der Waals surface area contributed by atoms with Gasteiger partial charge in [0.05, 0.1) is 18.4 Å². The maximum atomic E-state index is 15.0. The summed E-state index contributed by atoms with van der Waals surface area (Å²) in [5, 5.41) is 13.8. The molecule has 59 heavy (non-hydrogen) atoms. The van der Waals surface area contributed by atoms with Gasteiger partial charge in [0.25, 0.3) is 5.91 Å². The number of carboxylic acid groups (broad SMARTS) is 1. The van der Waals surface area contributed by atoms with Gasteiger partial charge in [0, 0.05) is 34.2 Å². The Kier molecular flexibility index (Phi) is 12.5. The number of ether oxygens (including phenoxy) is 2. The molecule has 3 N–H and O–H groups in total. The Bertz CT molecular complexity index is 2120. The maximum absolute atomic E-state index is 15.0. The lowest BCUT2D eigenvalue weighted by Gasteiger charge is -2.45. The van der Waals surface area contributed by atoms with Crippen LogP contribution in [0.3, 0.4) is 0 Å². The van der Waals surface area contributed by atoms with Gasteiger partial charge in [0.15, 0.2) is 0 Å². The molecule has 324 valence electrons. The monoisotopic (exact) mass is 869 g/mol. The van der Waals surface area contributed by atoms with Gasteiger partial charge < -0.3 is 24.8 Å². The third-order valence-electron chi connectivity index (χ3n) is 11.8. The van der Waals surface area contributed by atoms with Crippen LogP contribution in [-0.2, 0) is 24.4 Å². The minimum Gasteiger partial charge on any atom is -0.478 e. The first-order valence-electron chi connectivity index (χ1n) is 19.9. The predicted molar refractivity (Wildman–Crippen MR) is 211 cm³/mol. The highest BCUT2D eigenvalue weighted by molar-refractivity contribution is 7.91. The average molecular weight is 870 g/mol. The summed E-state index contributed by atoms with van der Waals surface area (Å²) in [7, 11) is -4.03. The van der Waals surface area contributed by atoms with E-state index in [1.807, 2.05) is 13.8 Å². The number of nitrogens with one attached hydrogen (secondary N) is 2. The molecule has 3 heterocycles. The Labute approximate surface area is 346 Å². The van der Waals surface area contributed by atoms with Crippen LogP contribution in [0.4, 0.5) is 18.0 Å². The molecule has 0 radical (unpaired) electrons. The Morgan fingerprint density at radius 1 is 1.14 bits per heavy atom. The van der Waals surface area contributed by atoms with E-state index in [2.05, 4.69) is 15.0 Å². The Morgan fingerprint density at radius 3 is 2.49 bits per heavy atom. The number of hydrogen-bond acceptors (Lipinski definition) is 9. The third kappa shape index (κ3) is 9.08. The SMILES string of the molecule is CCCOc1cc2c(Cl)cccc2c(O[C@@H]2C[C@H]3C(=O)N[C@]4(C(=O)NS(=O)(=O)C5CC5)C[C@H]4C=CCC[C@@H](C)C[C@@H](C)[C@H](N(C(=O)O)C(C)(C)C(F)(F)F)C(=O)N3C2)n1. The summed E-state index contributed by atoms with van der Waals surface area (Å²) in [6, 6.07) is 3.25. The van der Waals surface area contributed by atoms with Crippen LogP contribution in [-0.4, -0.2) is 106 Å². The van der Waals surface area contributed by atoms with Crippen LogP contribution >= 0.6 is 11.6 Å². The number of aromatic nitrogens is 1. The van der Waals surface area contributed by atoms with Gasteiger partial charge in [-0.1, -0.05) is 50.6 Å². The third-order valence-corrected chi connectivity index (χ3v) is 14.0. The molecule has 1 aromatic heterocycles. The van der Waals surface area contributed by atoms with Crippen LogP contribution in [0, 0.1) is 17.8 Å². The fourth-order valence-electron chi connectivity index (χ4n) is 8.20. The lowest BCUT2D eigenvalue weighted by atomic mass is 9.85. The zero-order valence-corrected chi connectivity index (χ0v) is 35.1. The summed E-state index contributed by atoms with van der Waals surface area (Å²) in [4.78, 5) is 62.1. The number of carbonyl (C=O) groups is 4. The predicted octanol–water partition coefficient (Wildman–Crippen LogP) is 6.21. The van der Waals surface area contributed by atoms with Gasteiger partial charge in [0.2, 0.25) is 33.6 Å². The second kappa shape index (κ2) is 16.6. The lowest BCUT2D eigenvalue weighted by Crippen LogP contribution is -2.66. The summed E-state index contributed by atoms with van der Waals surface area (Å²) in [6.45, 7) is 6.57. The Hall–Kier alpha value is -4.32.